The smallest absolute Gasteiger partial charge is 0.475 e. The van der Waals surface area contributed by atoms with Gasteiger partial charge in [-0.15, -0.1) is 4.13 Å². The largest absolute Gasteiger partial charge is 0.490 e. The fraction of sp³-hybridized carbons (Fsp3) is 0.562. The van der Waals surface area contributed by atoms with Crippen molar-refractivity contribution >= 4 is 37.6 Å². The lowest BCUT2D eigenvalue weighted by molar-refractivity contribution is -0.192. The fourth-order valence-corrected chi connectivity index (χ4v) is 7.39. The molecule has 0 heterocycles. The standard InChI is InChI=1S/C14H18ClNO5S2.C2HF3O2/c1-21-9-14(5-6-14)23(19,20)16-22(17,18)13-8-12(13)10-3-2-4-11(15)7-10;3-2(4,5)1(6)7/h2-4,7,12-13,16H,5-6,8-9H2,1H3;(H,6,7). The molecule has 3 rings (SSSR count). The van der Waals surface area contributed by atoms with Crippen molar-refractivity contribution in [1.29, 1.82) is 0 Å². The van der Waals surface area contributed by atoms with Crippen LogP contribution in [-0.2, 0) is 29.6 Å². The van der Waals surface area contributed by atoms with Crippen LogP contribution < -0.4 is 4.13 Å². The minimum Gasteiger partial charge on any atom is -0.475 e. The predicted molar refractivity (Wildman–Crippen MR) is 101 cm³/mol. The number of hydrogen-bond donors (Lipinski definition) is 2. The number of carboxylic acids is 1. The van der Waals surface area contributed by atoms with E-state index in [0.29, 0.717) is 24.3 Å². The lowest BCUT2D eigenvalue weighted by Gasteiger charge is -2.16. The minimum absolute atomic E-state index is 0.000240. The van der Waals surface area contributed by atoms with E-state index in [9.17, 15) is 30.0 Å². The Morgan fingerprint density at radius 2 is 1.87 bits per heavy atom. The summed E-state index contributed by atoms with van der Waals surface area (Å²) < 4.78 is 87.0. The van der Waals surface area contributed by atoms with Crippen LogP contribution >= 0.6 is 11.6 Å². The summed E-state index contributed by atoms with van der Waals surface area (Å²) in [6.45, 7) is 0.000240. The van der Waals surface area contributed by atoms with Gasteiger partial charge in [-0.3, -0.25) is 0 Å². The number of rotatable bonds is 7. The van der Waals surface area contributed by atoms with Gasteiger partial charge in [0.05, 0.1) is 11.9 Å². The second-order valence-electron chi connectivity index (χ2n) is 6.99. The number of carbonyl (C=O) groups is 1. The second kappa shape index (κ2) is 8.61. The van der Waals surface area contributed by atoms with E-state index in [2.05, 4.69) is 0 Å². The van der Waals surface area contributed by atoms with E-state index in [1.807, 2.05) is 4.13 Å². The average Bonchev–Trinajstić information content (AvgIpc) is 3.48. The summed E-state index contributed by atoms with van der Waals surface area (Å²) in [6.07, 6.45) is -3.87. The van der Waals surface area contributed by atoms with Crippen molar-refractivity contribution in [2.45, 2.75) is 41.4 Å². The molecule has 0 amide bonds. The maximum atomic E-state index is 12.4. The Bertz CT molecular complexity index is 1010. The molecule has 0 spiro atoms. The number of nitrogens with one attached hydrogen (secondary N) is 1. The Morgan fingerprint density at radius 1 is 1.30 bits per heavy atom. The fourth-order valence-electron chi connectivity index (χ4n) is 2.80. The molecule has 0 saturated heterocycles. The highest BCUT2D eigenvalue weighted by molar-refractivity contribution is 8.05. The van der Waals surface area contributed by atoms with Gasteiger partial charge in [0.25, 0.3) is 0 Å². The number of carboxylic acid groups (broad SMARTS) is 1. The van der Waals surface area contributed by atoms with Gasteiger partial charge in [0, 0.05) is 18.1 Å². The van der Waals surface area contributed by atoms with Crippen molar-refractivity contribution in [2.75, 3.05) is 13.7 Å². The first-order chi connectivity index (χ1) is 13.7. The van der Waals surface area contributed by atoms with Crippen LogP contribution in [0.25, 0.3) is 0 Å². The number of ether oxygens (including phenoxy) is 1. The molecule has 2 aliphatic carbocycles. The van der Waals surface area contributed by atoms with Gasteiger partial charge < -0.3 is 9.84 Å². The molecular weight excluding hydrogens is 475 g/mol. The van der Waals surface area contributed by atoms with E-state index in [0.717, 1.165) is 5.56 Å². The number of aliphatic carboxylic acids is 1. The van der Waals surface area contributed by atoms with Crippen LogP contribution in [-0.4, -0.2) is 57.8 Å². The molecule has 0 aromatic heterocycles. The van der Waals surface area contributed by atoms with E-state index in [1.54, 1.807) is 24.3 Å². The van der Waals surface area contributed by atoms with Gasteiger partial charge in [-0.2, -0.15) is 13.2 Å². The lowest BCUT2D eigenvalue weighted by atomic mass is 10.1. The Balaban J connectivity index is 0.000000396. The molecule has 2 N–H and O–H groups in total. The summed E-state index contributed by atoms with van der Waals surface area (Å²) in [4.78, 5) is 8.90. The van der Waals surface area contributed by atoms with Crippen LogP contribution in [0.2, 0.25) is 5.02 Å². The van der Waals surface area contributed by atoms with Gasteiger partial charge >= 0.3 is 12.1 Å². The molecule has 2 fully saturated rings. The molecule has 170 valence electrons. The molecule has 1 aromatic carbocycles. The summed E-state index contributed by atoms with van der Waals surface area (Å²) in [6, 6.07) is 6.97. The molecule has 30 heavy (non-hydrogen) atoms. The number of halogens is 4. The third-order valence-corrected chi connectivity index (χ3v) is 9.69. The van der Waals surface area contributed by atoms with E-state index >= 15 is 0 Å². The number of benzene rings is 1. The van der Waals surface area contributed by atoms with Gasteiger partial charge in [-0.25, -0.2) is 21.6 Å². The van der Waals surface area contributed by atoms with Crippen molar-refractivity contribution in [3.63, 3.8) is 0 Å². The molecule has 0 aliphatic heterocycles. The minimum atomic E-state index is -5.08. The van der Waals surface area contributed by atoms with Crippen molar-refractivity contribution in [1.82, 2.24) is 4.13 Å². The Hall–Kier alpha value is -1.41. The zero-order chi connectivity index (χ0) is 23.0. The van der Waals surface area contributed by atoms with Crippen LogP contribution in [0.5, 0.6) is 0 Å². The van der Waals surface area contributed by atoms with Gasteiger partial charge in [0.2, 0.25) is 20.0 Å². The first kappa shape index (κ1) is 24.9. The zero-order valence-electron chi connectivity index (χ0n) is 15.5. The van der Waals surface area contributed by atoms with E-state index < -0.39 is 42.2 Å². The molecule has 8 nitrogen and oxygen atoms in total. The van der Waals surface area contributed by atoms with Crippen LogP contribution in [0, 0.1) is 0 Å². The third kappa shape index (κ3) is 5.84. The number of hydrogen-bond acceptors (Lipinski definition) is 6. The van der Waals surface area contributed by atoms with E-state index in [1.165, 1.54) is 7.11 Å². The quantitative estimate of drug-likeness (QED) is 0.596. The summed E-state index contributed by atoms with van der Waals surface area (Å²) in [7, 11) is -6.53. The Kier molecular flexibility index (Phi) is 7.14. The van der Waals surface area contributed by atoms with E-state index in [4.69, 9.17) is 26.2 Å². The first-order valence-electron chi connectivity index (χ1n) is 8.47. The molecule has 14 heteroatoms. The Labute approximate surface area is 176 Å². The molecule has 0 radical (unpaired) electrons. The number of alkyl halides is 3. The maximum absolute atomic E-state index is 12.4. The molecule has 0 bridgehead atoms. The zero-order valence-corrected chi connectivity index (χ0v) is 17.9. The van der Waals surface area contributed by atoms with Crippen LogP contribution in [0.15, 0.2) is 24.3 Å². The van der Waals surface area contributed by atoms with Gasteiger partial charge in [-0.1, -0.05) is 23.7 Å². The molecule has 2 saturated carbocycles. The summed E-state index contributed by atoms with van der Waals surface area (Å²) in [5, 5.41) is 6.91. The van der Waals surface area contributed by atoms with Gasteiger partial charge in [0.15, 0.2) is 0 Å². The summed E-state index contributed by atoms with van der Waals surface area (Å²) >= 11 is 5.91. The SMILES string of the molecule is COCC1(S(=O)(=O)NS(=O)(=O)C2CC2c2cccc(Cl)c2)CC1.O=C(O)C(F)(F)F. The second-order valence-corrected chi connectivity index (χ2v) is 11.7. The van der Waals surface area contributed by atoms with Crippen molar-refractivity contribution in [2.24, 2.45) is 0 Å². The van der Waals surface area contributed by atoms with E-state index in [-0.39, 0.29) is 12.5 Å². The van der Waals surface area contributed by atoms with Crippen LogP contribution in [0.3, 0.4) is 0 Å². The summed E-state index contributed by atoms with van der Waals surface area (Å²) in [5.74, 6) is -2.98. The van der Waals surface area contributed by atoms with Crippen molar-refractivity contribution in [3.05, 3.63) is 34.9 Å². The summed E-state index contributed by atoms with van der Waals surface area (Å²) in [5.41, 5.74) is 0.809. The molecule has 1 aromatic rings. The van der Waals surface area contributed by atoms with Crippen molar-refractivity contribution in [3.8, 4) is 0 Å². The topological polar surface area (TPSA) is 127 Å². The predicted octanol–water partition coefficient (Wildman–Crippen LogP) is 2.26. The third-order valence-electron chi connectivity index (χ3n) is 4.66. The van der Waals surface area contributed by atoms with Gasteiger partial charge in [-0.05, 0) is 37.0 Å². The van der Waals surface area contributed by atoms with Crippen LogP contribution in [0.4, 0.5) is 13.2 Å². The first-order valence-corrected chi connectivity index (χ1v) is 11.9. The van der Waals surface area contributed by atoms with Crippen molar-refractivity contribution < 1.29 is 44.6 Å². The van der Waals surface area contributed by atoms with Gasteiger partial charge in [0.1, 0.15) is 4.75 Å². The highest BCUT2D eigenvalue weighted by Crippen LogP contribution is 2.48. The normalized spacial score (nSPS) is 22.6. The highest BCUT2D eigenvalue weighted by atomic mass is 35.5. The molecule has 2 unspecified atom stereocenters. The molecule has 2 atom stereocenters. The lowest BCUT2D eigenvalue weighted by Crippen LogP contribution is -2.43. The molecule has 2 aliphatic rings. The molecular formula is C16H19ClF3NO7S2. The number of methoxy groups -OCH3 is 1. The Morgan fingerprint density at radius 3 is 2.30 bits per heavy atom. The monoisotopic (exact) mass is 493 g/mol. The maximum Gasteiger partial charge on any atom is 0.490 e. The van der Waals surface area contributed by atoms with Crippen LogP contribution in [0.1, 0.15) is 30.7 Å². The number of sulfonamides is 2. The highest BCUT2D eigenvalue weighted by Gasteiger charge is 2.58. The average molecular weight is 494 g/mol.